The number of rotatable bonds is 2. The number of alkyl halides is 3. The summed E-state index contributed by atoms with van der Waals surface area (Å²) in [6, 6.07) is 1.37. The summed E-state index contributed by atoms with van der Waals surface area (Å²) in [5, 5.41) is 5.70. The summed E-state index contributed by atoms with van der Waals surface area (Å²) in [5.74, 6) is -1.33. The number of aromatic nitrogens is 2. The van der Waals surface area contributed by atoms with Gasteiger partial charge >= 0.3 is 6.18 Å². The van der Waals surface area contributed by atoms with Gasteiger partial charge in [0.2, 0.25) is 0 Å². The quantitative estimate of drug-likeness (QED) is 0.791. The molecule has 90 valence electrons. The number of carbonyl (C=O) groups excluding carboxylic acids is 1. The van der Waals surface area contributed by atoms with E-state index in [2.05, 4.69) is 5.10 Å². The van der Waals surface area contributed by atoms with Crippen LogP contribution in [0.3, 0.4) is 0 Å². The summed E-state index contributed by atoms with van der Waals surface area (Å²) >= 11 is 0. The average Bonchev–Trinajstić information content (AvgIpc) is 2.49. The Kier molecular flexibility index (Phi) is 2.95. The Morgan fingerprint density at radius 1 is 1.56 bits per heavy atom. The van der Waals surface area contributed by atoms with Gasteiger partial charge in [-0.2, -0.15) is 18.3 Å². The number of aryl methyl sites for hydroxylation is 1. The molecule has 0 saturated carbocycles. The first-order valence-corrected chi connectivity index (χ1v) is 4.31. The van der Waals surface area contributed by atoms with Crippen molar-refractivity contribution in [1.29, 1.82) is 0 Å². The number of anilines is 1. The smallest absolute Gasteiger partial charge is 0.310 e. The van der Waals surface area contributed by atoms with E-state index in [9.17, 15) is 18.0 Å². The van der Waals surface area contributed by atoms with Crippen molar-refractivity contribution in [2.24, 2.45) is 12.8 Å². The summed E-state index contributed by atoms with van der Waals surface area (Å²) in [4.78, 5) is 11.3. The molecule has 1 amide bonds. The Labute approximate surface area is 89.4 Å². The SMILES string of the molecule is Cn1ccc(NC(=O)C(C)(N)C(F)(F)F)n1. The van der Waals surface area contributed by atoms with Crippen molar-refractivity contribution in [2.75, 3.05) is 5.32 Å². The first-order chi connectivity index (χ1) is 7.14. The molecule has 1 rings (SSSR count). The molecule has 0 aliphatic heterocycles. The third-order valence-electron chi connectivity index (χ3n) is 2.02. The molecule has 0 aromatic carbocycles. The first kappa shape index (κ1) is 12.5. The van der Waals surface area contributed by atoms with Gasteiger partial charge in [-0.15, -0.1) is 0 Å². The molecule has 1 aromatic heterocycles. The molecule has 3 N–H and O–H groups in total. The number of hydrogen-bond donors (Lipinski definition) is 2. The van der Waals surface area contributed by atoms with Crippen molar-refractivity contribution in [2.45, 2.75) is 18.6 Å². The first-order valence-electron chi connectivity index (χ1n) is 4.31. The van der Waals surface area contributed by atoms with Crippen molar-refractivity contribution < 1.29 is 18.0 Å². The lowest BCUT2D eigenvalue weighted by molar-refractivity contribution is -0.184. The summed E-state index contributed by atoms with van der Waals surface area (Å²) in [6.07, 6.45) is -3.33. The second kappa shape index (κ2) is 3.78. The minimum Gasteiger partial charge on any atom is -0.310 e. The van der Waals surface area contributed by atoms with Crippen molar-refractivity contribution >= 4 is 11.7 Å². The van der Waals surface area contributed by atoms with Crippen molar-refractivity contribution in [3.8, 4) is 0 Å². The number of nitrogens with zero attached hydrogens (tertiary/aromatic N) is 2. The van der Waals surface area contributed by atoms with E-state index < -0.39 is 17.6 Å². The fraction of sp³-hybridized carbons (Fsp3) is 0.500. The molecule has 1 unspecified atom stereocenters. The molecule has 0 aliphatic rings. The van der Waals surface area contributed by atoms with Gasteiger partial charge in [-0.25, -0.2) is 0 Å². The van der Waals surface area contributed by atoms with Gasteiger partial charge in [-0.3, -0.25) is 9.48 Å². The molecule has 0 fully saturated rings. The molecule has 5 nitrogen and oxygen atoms in total. The van der Waals surface area contributed by atoms with Crippen LogP contribution in [0.5, 0.6) is 0 Å². The number of amides is 1. The number of hydrogen-bond acceptors (Lipinski definition) is 3. The minimum absolute atomic E-state index is 0.0217. The predicted molar refractivity (Wildman–Crippen MR) is 50.5 cm³/mol. The van der Waals surface area contributed by atoms with Gasteiger partial charge in [0.1, 0.15) is 0 Å². The summed E-state index contributed by atoms with van der Waals surface area (Å²) in [7, 11) is 1.57. The van der Waals surface area contributed by atoms with Crippen LogP contribution >= 0.6 is 0 Å². The highest BCUT2D eigenvalue weighted by Crippen LogP contribution is 2.28. The van der Waals surface area contributed by atoms with E-state index in [0.717, 1.165) is 0 Å². The molecule has 0 bridgehead atoms. The van der Waals surface area contributed by atoms with Crippen LogP contribution in [0.1, 0.15) is 6.92 Å². The molecule has 1 heterocycles. The minimum atomic E-state index is -4.81. The molecular formula is C8H11F3N4O. The van der Waals surface area contributed by atoms with E-state index >= 15 is 0 Å². The number of nitrogens with two attached hydrogens (primary N) is 1. The molecular weight excluding hydrogens is 225 g/mol. The van der Waals surface area contributed by atoms with Gasteiger partial charge < -0.3 is 11.1 Å². The Hall–Kier alpha value is -1.57. The Bertz CT molecular complexity index is 396. The monoisotopic (exact) mass is 236 g/mol. The standard InChI is InChI=1S/C8H11F3N4O/c1-7(12,8(9,10)11)6(16)13-5-3-4-15(2)14-5/h3-4H,12H2,1-2H3,(H,13,14,16). The van der Waals surface area contributed by atoms with Gasteiger partial charge in [0.25, 0.3) is 5.91 Å². The predicted octanol–water partition coefficient (Wildman–Crippen LogP) is 0.638. The third-order valence-corrected chi connectivity index (χ3v) is 2.02. The van der Waals surface area contributed by atoms with Crippen LogP contribution in [0.2, 0.25) is 0 Å². The maximum absolute atomic E-state index is 12.4. The molecule has 0 spiro atoms. The second-order valence-corrected chi connectivity index (χ2v) is 3.53. The summed E-state index contributed by atoms with van der Waals surface area (Å²) in [6.45, 7) is 0.602. The van der Waals surface area contributed by atoms with Crippen LogP contribution in [0.15, 0.2) is 12.3 Å². The van der Waals surface area contributed by atoms with E-state index in [1.165, 1.54) is 16.9 Å². The van der Waals surface area contributed by atoms with Gasteiger partial charge in [0.05, 0.1) is 0 Å². The van der Waals surface area contributed by atoms with Crippen LogP contribution in [0.25, 0.3) is 0 Å². The van der Waals surface area contributed by atoms with Gasteiger partial charge in [0, 0.05) is 19.3 Å². The molecule has 0 radical (unpaired) electrons. The summed E-state index contributed by atoms with van der Waals surface area (Å²) < 4.78 is 38.5. The zero-order chi connectivity index (χ0) is 12.6. The fourth-order valence-electron chi connectivity index (χ4n) is 0.857. The fourth-order valence-corrected chi connectivity index (χ4v) is 0.857. The highest BCUT2D eigenvalue weighted by molar-refractivity contribution is 5.97. The Morgan fingerprint density at radius 3 is 2.50 bits per heavy atom. The van der Waals surface area contributed by atoms with E-state index in [1.54, 1.807) is 7.05 Å². The molecule has 1 aromatic rings. The van der Waals surface area contributed by atoms with E-state index in [-0.39, 0.29) is 5.82 Å². The summed E-state index contributed by atoms with van der Waals surface area (Å²) in [5.41, 5.74) is 1.98. The Morgan fingerprint density at radius 2 is 2.12 bits per heavy atom. The average molecular weight is 236 g/mol. The molecule has 0 aliphatic carbocycles. The molecule has 0 saturated heterocycles. The van der Waals surface area contributed by atoms with Crippen molar-refractivity contribution in [3.05, 3.63) is 12.3 Å². The zero-order valence-corrected chi connectivity index (χ0v) is 8.67. The van der Waals surface area contributed by atoms with Gasteiger partial charge in [-0.1, -0.05) is 0 Å². The van der Waals surface area contributed by atoms with Crippen LogP contribution in [0.4, 0.5) is 19.0 Å². The lowest BCUT2D eigenvalue weighted by Crippen LogP contribution is -2.59. The normalized spacial score (nSPS) is 15.6. The number of carbonyl (C=O) groups is 1. The molecule has 1 atom stereocenters. The van der Waals surface area contributed by atoms with Crippen LogP contribution < -0.4 is 11.1 Å². The topological polar surface area (TPSA) is 72.9 Å². The lowest BCUT2D eigenvalue weighted by atomic mass is 10.0. The van der Waals surface area contributed by atoms with E-state index in [4.69, 9.17) is 5.73 Å². The largest absolute Gasteiger partial charge is 0.415 e. The van der Waals surface area contributed by atoms with Gasteiger partial charge in [0.15, 0.2) is 11.4 Å². The highest BCUT2D eigenvalue weighted by Gasteiger charge is 2.54. The lowest BCUT2D eigenvalue weighted by Gasteiger charge is -2.25. The zero-order valence-electron chi connectivity index (χ0n) is 8.67. The van der Waals surface area contributed by atoms with Crippen LogP contribution in [-0.2, 0) is 11.8 Å². The highest BCUT2D eigenvalue weighted by atomic mass is 19.4. The third kappa shape index (κ3) is 2.32. The molecule has 8 heteroatoms. The van der Waals surface area contributed by atoms with E-state index in [0.29, 0.717) is 6.92 Å². The molecule has 16 heavy (non-hydrogen) atoms. The van der Waals surface area contributed by atoms with Crippen LogP contribution in [0, 0.1) is 0 Å². The van der Waals surface area contributed by atoms with Crippen molar-refractivity contribution in [1.82, 2.24) is 9.78 Å². The number of nitrogens with one attached hydrogen (secondary N) is 1. The second-order valence-electron chi connectivity index (χ2n) is 3.53. The van der Waals surface area contributed by atoms with Crippen LogP contribution in [-0.4, -0.2) is 27.4 Å². The van der Waals surface area contributed by atoms with E-state index in [1.807, 2.05) is 5.32 Å². The maximum atomic E-state index is 12.4. The van der Waals surface area contributed by atoms with Crippen molar-refractivity contribution in [3.63, 3.8) is 0 Å². The number of halogens is 3. The Balaban J connectivity index is 2.80. The van der Waals surface area contributed by atoms with Gasteiger partial charge in [-0.05, 0) is 6.92 Å². The maximum Gasteiger partial charge on any atom is 0.415 e.